The molecule has 0 unspecified atom stereocenters. The zero-order valence-electron chi connectivity index (χ0n) is 13.7. The first-order valence-corrected chi connectivity index (χ1v) is 7.79. The number of aryl methyl sites for hydroxylation is 1. The van der Waals surface area contributed by atoms with Crippen LogP contribution in [0.15, 0.2) is 48.5 Å². The van der Waals surface area contributed by atoms with Gasteiger partial charge in [-0.3, -0.25) is 9.59 Å². The second-order valence-corrected chi connectivity index (χ2v) is 5.65. The lowest BCUT2D eigenvalue weighted by Gasteiger charge is -2.14. The number of carbonyl (C=O) groups excluding carboxylic acids is 2. The molecular formula is C19H22N2O2. The van der Waals surface area contributed by atoms with Crippen LogP contribution in [-0.4, -0.2) is 17.9 Å². The van der Waals surface area contributed by atoms with Gasteiger partial charge < -0.3 is 10.6 Å². The van der Waals surface area contributed by atoms with Gasteiger partial charge in [0.2, 0.25) is 0 Å². The topological polar surface area (TPSA) is 58.2 Å². The molecule has 0 aliphatic carbocycles. The molecule has 0 fully saturated rings. The van der Waals surface area contributed by atoms with E-state index in [1.807, 2.05) is 32.9 Å². The van der Waals surface area contributed by atoms with Crippen molar-refractivity contribution in [2.45, 2.75) is 33.2 Å². The summed E-state index contributed by atoms with van der Waals surface area (Å²) in [6, 6.07) is 14.4. The Morgan fingerprint density at radius 2 is 1.65 bits per heavy atom. The smallest absolute Gasteiger partial charge is 0.255 e. The fourth-order valence-electron chi connectivity index (χ4n) is 2.09. The number of nitrogens with one attached hydrogen (secondary N) is 2. The van der Waals surface area contributed by atoms with Gasteiger partial charge in [-0.05, 0) is 44.5 Å². The van der Waals surface area contributed by atoms with Gasteiger partial charge in [0.25, 0.3) is 11.8 Å². The van der Waals surface area contributed by atoms with Crippen molar-refractivity contribution in [1.29, 1.82) is 0 Å². The van der Waals surface area contributed by atoms with Crippen LogP contribution in [0.2, 0.25) is 0 Å². The number of anilines is 1. The third-order valence-corrected chi connectivity index (χ3v) is 3.72. The predicted molar refractivity (Wildman–Crippen MR) is 92.8 cm³/mol. The highest BCUT2D eigenvalue weighted by molar-refractivity contribution is 6.09. The molecule has 0 spiro atoms. The Morgan fingerprint density at radius 3 is 2.30 bits per heavy atom. The van der Waals surface area contributed by atoms with E-state index in [0.717, 1.165) is 12.0 Å². The normalized spacial score (nSPS) is 11.6. The lowest BCUT2D eigenvalue weighted by Crippen LogP contribution is -2.32. The van der Waals surface area contributed by atoms with Gasteiger partial charge in [0.15, 0.2) is 0 Å². The highest BCUT2D eigenvalue weighted by atomic mass is 16.2. The van der Waals surface area contributed by atoms with E-state index in [4.69, 9.17) is 0 Å². The molecule has 2 aromatic carbocycles. The van der Waals surface area contributed by atoms with Crippen molar-refractivity contribution in [1.82, 2.24) is 5.32 Å². The molecule has 0 aliphatic rings. The fourth-order valence-corrected chi connectivity index (χ4v) is 2.09. The Morgan fingerprint density at radius 1 is 1.00 bits per heavy atom. The van der Waals surface area contributed by atoms with E-state index in [9.17, 15) is 9.59 Å². The monoisotopic (exact) mass is 310 g/mol. The number of rotatable bonds is 5. The molecule has 23 heavy (non-hydrogen) atoms. The van der Waals surface area contributed by atoms with Gasteiger partial charge in [-0.2, -0.15) is 0 Å². The molecule has 4 heteroatoms. The molecule has 120 valence electrons. The van der Waals surface area contributed by atoms with Crippen molar-refractivity contribution < 1.29 is 9.59 Å². The van der Waals surface area contributed by atoms with Crippen LogP contribution in [0.5, 0.6) is 0 Å². The lowest BCUT2D eigenvalue weighted by molar-refractivity contribution is 0.0940. The average Bonchev–Trinajstić information content (AvgIpc) is 2.55. The van der Waals surface area contributed by atoms with Crippen LogP contribution in [0.1, 0.15) is 46.5 Å². The number of para-hydroxylation sites is 1. The molecule has 0 bridgehead atoms. The maximum absolute atomic E-state index is 12.3. The van der Waals surface area contributed by atoms with Gasteiger partial charge in [0.1, 0.15) is 0 Å². The number of hydrogen-bond acceptors (Lipinski definition) is 2. The number of amides is 2. The molecule has 4 nitrogen and oxygen atoms in total. The molecular weight excluding hydrogens is 288 g/mol. The third kappa shape index (κ3) is 4.42. The molecule has 2 rings (SSSR count). The molecule has 2 N–H and O–H groups in total. The lowest BCUT2D eigenvalue weighted by atomic mass is 10.1. The Kier molecular flexibility index (Phi) is 5.52. The third-order valence-electron chi connectivity index (χ3n) is 3.72. The summed E-state index contributed by atoms with van der Waals surface area (Å²) in [5.41, 5.74) is 2.63. The van der Waals surface area contributed by atoms with E-state index in [2.05, 4.69) is 10.6 Å². The zero-order valence-corrected chi connectivity index (χ0v) is 13.7. The molecule has 0 saturated carbocycles. The van der Waals surface area contributed by atoms with Gasteiger partial charge in [-0.25, -0.2) is 0 Å². The molecule has 0 aliphatic heterocycles. The van der Waals surface area contributed by atoms with Crippen LogP contribution in [0.4, 0.5) is 5.69 Å². The highest BCUT2D eigenvalue weighted by Gasteiger charge is 2.15. The number of hydrogen-bond donors (Lipinski definition) is 2. The average molecular weight is 310 g/mol. The predicted octanol–water partition coefficient (Wildman–Crippen LogP) is 3.78. The minimum absolute atomic E-state index is 0.0864. The van der Waals surface area contributed by atoms with Gasteiger partial charge >= 0.3 is 0 Å². The summed E-state index contributed by atoms with van der Waals surface area (Å²) < 4.78 is 0. The highest BCUT2D eigenvalue weighted by Crippen LogP contribution is 2.17. The Hall–Kier alpha value is -2.62. The van der Waals surface area contributed by atoms with Crippen molar-refractivity contribution >= 4 is 17.5 Å². The van der Waals surface area contributed by atoms with Gasteiger partial charge in [0.05, 0.1) is 11.3 Å². The van der Waals surface area contributed by atoms with Gasteiger partial charge in [-0.1, -0.05) is 36.8 Å². The number of carbonyl (C=O) groups is 2. The summed E-state index contributed by atoms with van der Waals surface area (Å²) in [7, 11) is 0. The van der Waals surface area contributed by atoms with E-state index in [1.54, 1.807) is 36.4 Å². The summed E-state index contributed by atoms with van der Waals surface area (Å²) in [5.74, 6) is -0.409. The Labute approximate surface area is 136 Å². The van der Waals surface area contributed by atoms with E-state index < -0.39 is 0 Å². The van der Waals surface area contributed by atoms with Crippen molar-refractivity contribution in [3.05, 3.63) is 65.2 Å². The van der Waals surface area contributed by atoms with Crippen molar-refractivity contribution in [3.8, 4) is 0 Å². The molecule has 0 aromatic heterocycles. The summed E-state index contributed by atoms with van der Waals surface area (Å²) in [4.78, 5) is 24.7. The minimum Gasteiger partial charge on any atom is -0.350 e. The van der Waals surface area contributed by atoms with Gasteiger partial charge in [0, 0.05) is 11.6 Å². The molecule has 1 atom stereocenters. The molecule has 2 amide bonds. The quantitative estimate of drug-likeness (QED) is 0.883. The Bertz CT molecular complexity index is 693. The van der Waals surface area contributed by atoms with Crippen LogP contribution in [0.25, 0.3) is 0 Å². The minimum atomic E-state index is -0.228. The standard InChI is InChI=1S/C19H22N2O2/c1-4-14(3)20-19(23)16-7-5-6-8-17(16)21-18(22)15-11-9-13(2)10-12-15/h5-12,14H,4H2,1-3H3,(H,20,23)(H,21,22)/t14-/m0/s1. The first-order chi connectivity index (χ1) is 11.0. The second kappa shape index (κ2) is 7.58. The first-order valence-electron chi connectivity index (χ1n) is 7.79. The van der Waals surface area contributed by atoms with Gasteiger partial charge in [-0.15, -0.1) is 0 Å². The largest absolute Gasteiger partial charge is 0.350 e. The Balaban J connectivity index is 2.18. The first kappa shape index (κ1) is 16.7. The maximum atomic E-state index is 12.3. The summed E-state index contributed by atoms with van der Waals surface area (Å²) >= 11 is 0. The SMILES string of the molecule is CC[C@H](C)NC(=O)c1ccccc1NC(=O)c1ccc(C)cc1. The molecule has 0 radical (unpaired) electrons. The van der Waals surface area contributed by atoms with Crippen molar-refractivity contribution in [3.63, 3.8) is 0 Å². The fraction of sp³-hybridized carbons (Fsp3) is 0.263. The van der Waals surface area contributed by atoms with Crippen LogP contribution in [0, 0.1) is 6.92 Å². The maximum Gasteiger partial charge on any atom is 0.255 e. The zero-order chi connectivity index (χ0) is 16.8. The van der Waals surface area contributed by atoms with E-state index in [-0.39, 0.29) is 17.9 Å². The summed E-state index contributed by atoms with van der Waals surface area (Å²) in [5, 5.41) is 5.74. The van der Waals surface area contributed by atoms with Crippen LogP contribution < -0.4 is 10.6 Å². The van der Waals surface area contributed by atoms with E-state index in [0.29, 0.717) is 16.8 Å². The molecule has 2 aromatic rings. The van der Waals surface area contributed by atoms with E-state index >= 15 is 0 Å². The molecule has 0 heterocycles. The van der Waals surface area contributed by atoms with Crippen molar-refractivity contribution in [2.75, 3.05) is 5.32 Å². The van der Waals surface area contributed by atoms with Crippen molar-refractivity contribution in [2.24, 2.45) is 0 Å². The van der Waals surface area contributed by atoms with E-state index in [1.165, 1.54) is 0 Å². The summed E-state index contributed by atoms with van der Waals surface area (Å²) in [6.07, 6.45) is 0.851. The van der Waals surface area contributed by atoms with Crippen LogP contribution in [0.3, 0.4) is 0 Å². The second-order valence-electron chi connectivity index (χ2n) is 5.65. The summed E-state index contributed by atoms with van der Waals surface area (Å²) in [6.45, 7) is 5.93. The molecule has 0 saturated heterocycles. The van der Waals surface area contributed by atoms with Crippen LogP contribution in [-0.2, 0) is 0 Å². The van der Waals surface area contributed by atoms with Crippen LogP contribution >= 0.6 is 0 Å². The number of benzene rings is 2.